The Balaban J connectivity index is 2.22. The van der Waals surface area contributed by atoms with Gasteiger partial charge in [-0.25, -0.2) is 0 Å². The van der Waals surface area contributed by atoms with Crippen LogP contribution >= 0.6 is 0 Å². The molecule has 1 N–H and O–H groups in total. The van der Waals surface area contributed by atoms with Crippen molar-refractivity contribution in [3.8, 4) is 5.75 Å². The van der Waals surface area contributed by atoms with Crippen LogP contribution < -0.4 is 4.74 Å². The quantitative estimate of drug-likeness (QED) is 0.902. The van der Waals surface area contributed by atoms with Crippen LogP contribution in [0.3, 0.4) is 0 Å². The number of pyridine rings is 1. The van der Waals surface area contributed by atoms with E-state index in [1.807, 2.05) is 26.8 Å². The van der Waals surface area contributed by atoms with Gasteiger partial charge in [-0.3, -0.25) is 4.98 Å². The fraction of sp³-hybridized carbons (Fsp3) is 0.357. The number of rotatable bonds is 4. The Labute approximate surface area is 106 Å². The van der Waals surface area contributed by atoms with Crippen molar-refractivity contribution >= 4 is 0 Å². The average Bonchev–Trinajstić information content (AvgIpc) is 2.74. The van der Waals surface area contributed by atoms with E-state index < -0.39 is 6.10 Å². The molecule has 2 rings (SSSR count). The molecule has 0 fully saturated rings. The lowest BCUT2D eigenvalue weighted by Gasteiger charge is -2.12. The lowest BCUT2D eigenvalue weighted by molar-refractivity contribution is 0.185. The molecule has 0 saturated carbocycles. The molecular formula is C14H17NO3. The maximum Gasteiger partial charge on any atom is 0.138 e. The average molecular weight is 247 g/mol. The molecule has 18 heavy (non-hydrogen) atoms. The maximum atomic E-state index is 10.2. The SMILES string of the molecule is Cc1ccc(C(O)c2cncc(OC(C)C)c2)o1. The summed E-state index contributed by atoms with van der Waals surface area (Å²) in [6.07, 6.45) is 2.49. The lowest BCUT2D eigenvalue weighted by atomic mass is 10.1. The van der Waals surface area contributed by atoms with Crippen LogP contribution in [0.4, 0.5) is 0 Å². The van der Waals surface area contributed by atoms with Gasteiger partial charge in [0, 0.05) is 11.8 Å². The van der Waals surface area contributed by atoms with Crippen LogP contribution in [0.25, 0.3) is 0 Å². The van der Waals surface area contributed by atoms with E-state index in [9.17, 15) is 5.11 Å². The number of aliphatic hydroxyl groups is 1. The van der Waals surface area contributed by atoms with Crippen molar-refractivity contribution in [3.05, 3.63) is 47.7 Å². The molecule has 0 radical (unpaired) electrons. The second-order valence-corrected chi connectivity index (χ2v) is 4.47. The Kier molecular flexibility index (Phi) is 3.67. The highest BCUT2D eigenvalue weighted by Crippen LogP contribution is 2.25. The molecule has 4 nitrogen and oxygen atoms in total. The van der Waals surface area contributed by atoms with Crippen molar-refractivity contribution < 1.29 is 14.3 Å². The number of aromatic nitrogens is 1. The molecule has 2 aromatic rings. The van der Waals surface area contributed by atoms with Gasteiger partial charge in [0.25, 0.3) is 0 Å². The van der Waals surface area contributed by atoms with Crippen molar-refractivity contribution in [1.82, 2.24) is 4.98 Å². The fourth-order valence-corrected chi connectivity index (χ4v) is 1.69. The van der Waals surface area contributed by atoms with Crippen molar-refractivity contribution in [2.24, 2.45) is 0 Å². The third kappa shape index (κ3) is 2.90. The molecule has 0 aliphatic carbocycles. The summed E-state index contributed by atoms with van der Waals surface area (Å²) in [5.41, 5.74) is 0.655. The van der Waals surface area contributed by atoms with E-state index in [4.69, 9.17) is 9.15 Å². The minimum atomic E-state index is -0.818. The smallest absolute Gasteiger partial charge is 0.138 e. The van der Waals surface area contributed by atoms with Gasteiger partial charge >= 0.3 is 0 Å². The topological polar surface area (TPSA) is 55.5 Å². The largest absolute Gasteiger partial charge is 0.489 e. The second-order valence-electron chi connectivity index (χ2n) is 4.47. The summed E-state index contributed by atoms with van der Waals surface area (Å²) < 4.78 is 10.9. The van der Waals surface area contributed by atoms with Gasteiger partial charge in [-0.15, -0.1) is 0 Å². The van der Waals surface area contributed by atoms with E-state index in [1.165, 1.54) is 0 Å². The highest BCUT2D eigenvalue weighted by atomic mass is 16.5. The summed E-state index contributed by atoms with van der Waals surface area (Å²) in [6.45, 7) is 5.73. The number of hydrogen-bond donors (Lipinski definition) is 1. The zero-order chi connectivity index (χ0) is 13.1. The zero-order valence-electron chi connectivity index (χ0n) is 10.8. The van der Waals surface area contributed by atoms with Crippen LogP contribution in [0, 0.1) is 6.92 Å². The van der Waals surface area contributed by atoms with Crippen LogP contribution in [-0.2, 0) is 0 Å². The van der Waals surface area contributed by atoms with E-state index in [0.29, 0.717) is 17.1 Å². The second kappa shape index (κ2) is 5.23. The Bertz CT molecular complexity index is 519. The Morgan fingerprint density at radius 1 is 1.28 bits per heavy atom. The predicted octanol–water partition coefficient (Wildman–Crippen LogP) is 2.85. The Morgan fingerprint density at radius 3 is 2.67 bits per heavy atom. The van der Waals surface area contributed by atoms with E-state index in [2.05, 4.69) is 4.98 Å². The summed E-state index contributed by atoms with van der Waals surface area (Å²) in [5.74, 6) is 1.92. The van der Waals surface area contributed by atoms with Gasteiger partial charge in [0.05, 0.1) is 12.3 Å². The maximum absolute atomic E-state index is 10.2. The zero-order valence-corrected chi connectivity index (χ0v) is 10.8. The molecule has 0 aliphatic rings. The molecule has 2 aromatic heterocycles. The normalized spacial score (nSPS) is 12.7. The number of ether oxygens (including phenoxy) is 1. The summed E-state index contributed by atoms with van der Waals surface area (Å²) in [7, 11) is 0. The standard InChI is InChI=1S/C14H17NO3/c1-9(2)17-12-6-11(7-15-8-12)14(16)13-5-4-10(3)18-13/h4-9,14,16H,1-3H3. The molecule has 0 spiro atoms. The first kappa shape index (κ1) is 12.6. The summed E-state index contributed by atoms with van der Waals surface area (Å²) in [6, 6.07) is 5.35. The van der Waals surface area contributed by atoms with Crippen molar-refractivity contribution in [1.29, 1.82) is 0 Å². The van der Waals surface area contributed by atoms with E-state index in [1.54, 1.807) is 24.5 Å². The van der Waals surface area contributed by atoms with Gasteiger partial charge < -0.3 is 14.3 Å². The van der Waals surface area contributed by atoms with Gasteiger partial charge in [0.15, 0.2) is 0 Å². The van der Waals surface area contributed by atoms with Gasteiger partial charge in [0.1, 0.15) is 23.4 Å². The Hall–Kier alpha value is -1.81. The van der Waals surface area contributed by atoms with Crippen molar-refractivity contribution in [2.75, 3.05) is 0 Å². The van der Waals surface area contributed by atoms with E-state index in [0.717, 1.165) is 5.76 Å². The number of nitrogens with zero attached hydrogens (tertiary/aromatic N) is 1. The third-order valence-electron chi connectivity index (χ3n) is 2.45. The molecule has 4 heteroatoms. The predicted molar refractivity (Wildman–Crippen MR) is 67.5 cm³/mol. The monoisotopic (exact) mass is 247 g/mol. The first-order valence-corrected chi connectivity index (χ1v) is 5.92. The molecule has 96 valence electrons. The van der Waals surface area contributed by atoms with E-state index >= 15 is 0 Å². The van der Waals surface area contributed by atoms with Gasteiger partial charge in [-0.2, -0.15) is 0 Å². The van der Waals surface area contributed by atoms with Crippen molar-refractivity contribution in [3.63, 3.8) is 0 Å². The highest BCUT2D eigenvalue weighted by Gasteiger charge is 2.15. The van der Waals surface area contributed by atoms with Crippen LogP contribution in [-0.4, -0.2) is 16.2 Å². The lowest BCUT2D eigenvalue weighted by Crippen LogP contribution is -2.07. The van der Waals surface area contributed by atoms with Crippen molar-refractivity contribution in [2.45, 2.75) is 33.0 Å². The number of hydrogen-bond acceptors (Lipinski definition) is 4. The molecule has 0 aromatic carbocycles. The van der Waals surface area contributed by atoms with E-state index in [-0.39, 0.29) is 6.10 Å². The fourth-order valence-electron chi connectivity index (χ4n) is 1.69. The molecule has 0 bridgehead atoms. The molecule has 1 unspecified atom stereocenters. The number of furan rings is 1. The third-order valence-corrected chi connectivity index (χ3v) is 2.45. The molecular weight excluding hydrogens is 230 g/mol. The van der Waals surface area contributed by atoms with Crippen LogP contribution in [0.2, 0.25) is 0 Å². The minimum absolute atomic E-state index is 0.0741. The molecule has 1 atom stereocenters. The highest BCUT2D eigenvalue weighted by molar-refractivity contribution is 5.29. The van der Waals surface area contributed by atoms with Gasteiger partial charge in [-0.05, 0) is 39.0 Å². The van der Waals surface area contributed by atoms with Gasteiger partial charge in [0.2, 0.25) is 0 Å². The Morgan fingerprint density at radius 2 is 2.06 bits per heavy atom. The summed E-state index contributed by atoms with van der Waals surface area (Å²) >= 11 is 0. The first-order chi connectivity index (χ1) is 8.56. The van der Waals surface area contributed by atoms with Crippen LogP contribution in [0.1, 0.15) is 37.0 Å². The van der Waals surface area contributed by atoms with Crippen LogP contribution in [0.15, 0.2) is 35.0 Å². The minimum Gasteiger partial charge on any atom is -0.489 e. The molecule has 0 saturated heterocycles. The first-order valence-electron chi connectivity index (χ1n) is 5.92. The number of aliphatic hydroxyl groups excluding tert-OH is 1. The summed E-state index contributed by atoms with van der Waals surface area (Å²) in [4.78, 5) is 4.06. The molecule has 0 aliphatic heterocycles. The molecule has 2 heterocycles. The van der Waals surface area contributed by atoms with Gasteiger partial charge in [-0.1, -0.05) is 0 Å². The number of aryl methyl sites for hydroxylation is 1. The van der Waals surface area contributed by atoms with Crippen LogP contribution in [0.5, 0.6) is 5.75 Å². The molecule has 0 amide bonds. The summed E-state index contributed by atoms with van der Waals surface area (Å²) in [5, 5.41) is 10.2.